The maximum atomic E-state index is 13.8. The van der Waals surface area contributed by atoms with Crippen molar-refractivity contribution < 1.29 is 23.4 Å². The first-order valence-electron chi connectivity index (χ1n) is 6.54. The molecule has 1 aliphatic rings. The maximum absolute atomic E-state index is 13.8. The molecule has 0 atom stereocenters. The average molecular weight is 283 g/mol. The molecule has 0 saturated carbocycles. The molecule has 0 aliphatic carbocycles. The Bertz CT molecular complexity index is 486. The molecule has 1 saturated heterocycles. The van der Waals surface area contributed by atoms with Gasteiger partial charge in [0.05, 0.1) is 32.6 Å². The second kappa shape index (κ2) is 6.56. The van der Waals surface area contributed by atoms with Crippen LogP contribution in [0.15, 0.2) is 12.1 Å². The Morgan fingerprint density at radius 3 is 2.70 bits per heavy atom. The third kappa shape index (κ3) is 3.01. The summed E-state index contributed by atoms with van der Waals surface area (Å²) in [6, 6.07) is 2.51. The highest BCUT2D eigenvalue weighted by atomic mass is 19.1. The monoisotopic (exact) mass is 283 g/mol. The van der Waals surface area contributed by atoms with Crippen LogP contribution in [0.2, 0.25) is 0 Å². The predicted octanol–water partition coefficient (Wildman–Crippen LogP) is 1.85. The highest BCUT2D eigenvalue weighted by molar-refractivity contribution is 5.95. The number of esters is 1. The van der Waals surface area contributed by atoms with Crippen molar-refractivity contribution in [2.24, 2.45) is 0 Å². The van der Waals surface area contributed by atoms with Crippen LogP contribution >= 0.6 is 0 Å². The zero-order chi connectivity index (χ0) is 14.5. The van der Waals surface area contributed by atoms with Crippen LogP contribution in [-0.4, -0.2) is 46.0 Å². The van der Waals surface area contributed by atoms with E-state index in [1.54, 1.807) is 6.92 Å². The number of ether oxygens (including phenoxy) is 3. The van der Waals surface area contributed by atoms with Gasteiger partial charge in [-0.3, -0.25) is 0 Å². The molecule has 1 fully saturated rings. The van der Waals surface area contributed by atoms with E-state index in [4.69, 9.17) is 14.2 Å². The number of carbonyl (C=O) groups is 1. The number of nitrogens with zero attached hydrogens (tertiary/aromatic N) is 1. The molecule has 6 heteroatoms. The topological polar surface area (TPSA) is 48.0 Å². The first kappa shape index (κ1) is 14.6. The highest BCUT2D eigenvalue weighted by Crippen LogP contribution is 2.34. The minimum atomic E-state index is -0.585. The van der Waals surface area contributed by atoms with E-state index < -0.39 is 11.8 Å². The summed E-state index contributed by atoms with van der Waals surface area (Å²) in [4.78, 5) is 13.8. The van der Waals surface area contributed by atoms with Gasteiger partial charge in [0, 0.05) is 19.2 Å². The van der Waals surface area contributed by atoms with Crippen molar-refractivity contribution in [3.05, 3.63) is 23.5 Å². The third-order valence-electron chi connectivity index (χ3n) is 3.09. The standard InChI is InChI=1S/C14H18FNO4/c1-3-20-14(17)11-8-10(15)9-12(13(11)18-2)16-4-6-19-7-5-16/h8-9H,3-7H2,1-2H3. The van der Waals surface area contributed by atoms with Gasteiger partial charge in [-0.1, -0.05) is 0 Å². The van der Waals surface area contributed by atoms with Gasteiger partial charge in [-0.25, -0.2) is 9.18 Å². The molecule has 0 N–H and O–H groups in total. The molecule has 1 aromatic rings. The number of morpholine rings is 1. The normalized spacial score (nSPS) is 15.1. The second-order valence-electron chi connectivity index (χ2n) is 4.33. The number of hydrogen-bond acceptors (Lipinski definition) is 5. The van der Waals surface area contributed by atoms with Crippen molar-refractivity contribution >= 4 is 11.7 Å². The molecule has 2 rings (SSSR count). The van der Waals surface area contributed by atoms with Gasteiger partial charge >= 0.3 is 5.97 Å². The molecule has 5 nitrogen and oxygen atoms in total. The Morgan fingerprint density at radius 2 is 2.10 bits per heavy atom. The molecule has 0 spiro atoms. The number of halogens is 1. The summed E-state index contributed by atoms with van der Waals surface area (Å²) in [7, 11) is 1.46. The molecule has 1 aromatic carbocycles. The molecule has 1 aliphatic heterocycles. The number of methoxy groups -OCH3 is 1. The lowest BCUT2D eigenvalue weighted by atomic mass is 10.1. The smallest absolute Gasteiger partial charge is 0.342 e. The van der Waals surface area contributed by atoms with E-state index in [1.807, 2.05) is 4.90 Å². The van der Waals surface area contributed by atoms with E-state index in [2.05, 4.69) is 0 Å². The SMILES string of the molecule is CCOC(=O)c1cc(F)cc(N2CCOCC2)c1OC. The Morgan fingerprint density at radius 1 is 1.40 bits per heavy atom. The Kier molecular flexibility index (Phi) is 4.79. The van der Waals surface area contributed by atoms with Gasteiger partial charge in [0.15, 0.2) is 5.75 Å². The van der Waals surface area contributed by atoms with Crippen molar-refractivity contribution in [2.75, 3.05) is 44.9 Å². The first-order chi connectivity index (χ1) is 9.67. The van der Waals surface area contributed by atoms with Gasteiger partial charge in [0.2, 0.25) is 0 Å². The fraction of sp³-hybridized carbons (Fsp3) is 0.500. The van der Waals surface area contributed by atoms with E-state index in [0.717, 1.165) is 6.07 Å². The molecule has 110 valence electrons. The van der Waals surface area contributed by atoms with Crippen LogP contribution in [0.1, 0.15) is 17.3 Å². The van der Waals surface area contributed by atoms with Crippen LogP contribution < -0.4 is 9.64 Å². The van der Waals surface area contributed by atoms with E-state index in [1.165, 1.54) is 13.2 Å². The van der Waals surface area contributed by atoms with Gasteiger partial charge in [-0.05, 0) is 13.0 Å². The van der Waals surface area contributed by atoms with Crippen molar-refractivity contribution in [2.45, 2.75) is 6.92 Å². The van der Waals surface area contributed by atoms with Crippen molar-refractivity contribution in [3.63, 3.8) is 0 Å². The van der Waals surface area contributed by atoms with Crippen LogP contribution in [0.4, 0.5) is 10.1 Å². The fourth-order valence-corrected chi connectivity index (χ4v) is 2.19. The molecule has 0 radical (unpaired) electrons. The number of benzene rings is 1. The lowest BCUT2D eigenvalue weighted by Gasteiger charge is -2.30. The molecule has 0 unspecified atom stereocenters. The van der Waals surface area contributed by atoms with E-state index in [-0.39, 0.29) is 12.2 Å². The van der Waals surface area contributed by atoms with Crippen LogP contribution in [0.3, 0.4) is 0 Å². The minimum Gasteiger partial charge on any atom is -0.494 e. The Balaban J connectivity index is 2.42. The number of rotatable bonds is 4. The van der Waals surface area contributed by atoms with Crippen molar-refractivity contribution in [1.82, 2.24) is 0 Å². The Labute approximate surface area is 117 Å². The highest BCUT2D eigenvalue weighted by Gasteiger charge is 2.23. The Hall–Kier alpha value is -1.82. The number of carbonyl (C=O) groups excluding carboxylic acids is 1. The minimum absolute atomic E-state index is 0.107. The molecule has 20 heavy (non-hydrogen) atoms. The van der Waals surface area contributed by atoms with Crippen LogP contribution in [0, 0.1) is 5.82 Å². The summed E-state index contributed by atoms with van der Waals surface area (Å²) in [6.45, 7) is 4.31. The van der Waals surface area contributed by atoms with Gasteiger partial charge in [-0.2, -0.15) is 0 Å². The van der Waals surface area contributed by atoms with Crippen LogP contribution in [0.5, 0.6) is 5.75 Å². The summed E-state index contributed by atoms with van der Waals surface area (Å²) in [6.07, 6.45) is 0. The van der Waals surface area contributed by atoms with Gasteiger partial charge in [0.1, 0.15) is 11.4 Å². The summed E-state index contributed by atoms with van der Waals surface area (Å²) in [5.74, 6) is -0.736. The second-order valence-corrected chi connectivity index (χ2v) is 4.33. The molecular weight excluding hydrogens is 265 g/mol. The summed E-state index contributed by atoms with van der Waals surface area (Å²) in [5, 5.41) is 0. The van der Waals surface area contributed by atoms with E-state index in [0.29, 0.717) is 37.7 Å². The summed E-state index contributed by atoms with van der Waals surface area (Å²) < 4.78 is 29.3. The lowest BCUT2D eigenvalue weighted by Crippen LogP contribution is -2.36. The zero-order valence-electron chi connectivity index (χ0n) is 11.6. The van der Waals surface area contributed by atoms with Crippen LogP contribution in [-0.2, 0) is 9.47 Å². The number of anilines is 1. The zero-order valence-corrected chi connectivity index (χ0v) is 11.6. The van der Waals surface area contributed by atoms with Crippen LogP contribution in [0.25, 0.3) is 0 Å². The number of hydrogen-bond donors (Lipinski definition) is 0. The van der Waals surface area contributed by atoms with Gasteiger partial charge < -0.3 is 19.1 Å². The first-order valence-corrected chi connectivity index (χ1v) is 6.54. The van der Waals surface area contributed by atoms with E-state index >= 15 is 0 Å². The quantitative estimate of drug-likeness (QED) is 0.789. The molecule has 0 aromatic heterocycles. The molecular formula is C14H18FNO4. The summed E-state index contributed by atoms with van der Waals surface area (Å²) in [5.41, 5.74) is 0.662. The molecule has 1 heterocycles. The third-order valence-corrected chi connectivity index (χ3v) is 3.09. The van der Waals surface area contributed by atoms with Crippen molar-refractivity contribution in [3.8, 4) is 5.75 Å². The maximum Gasteiger partial charge on any atom is 0.342 e. The fourth-order valence-electron chi connectivity index (χ4n) is 2.19. The average Bonchev–Trinajstić information content (AvgIpc) is 2.47. The largest absolute Gasteiger partial charge is 0.494 e. The van der Waals surface area contributed by atoms with Gasteiger partial charge in [0.25, 0.3) is 0 Å². The predicted molar refractivity (Wildman–Crippen MR) is 71.9 cm³/mol. The van der Waals surface area contributed by atoms with Gasteiger partial charge in [-0.15, -0.1) is 0 Å². The van der Waals surface area contributed by atoms with E-state index in [9.17, 15) is 9.18 Å². The summed E-state index contributed by atoms with van der Waals surface area (Å²) >= 11 is 0. The molecule has 0 amide bonds. The van der Waals surface area contributed by atoms with Crippen molar-refractivity contribution in [1.29, 1.82) is 0 Å². The lowest BCUT2D eigenvalue weighted by molar-refractivity contribution is 0.0522. The molecule has 0 bridgehead atoms.